The molecule has 0 aliphatic heterocycles. The van der Waals surface area contributed by atoms with Gasteiger partial charge in [-0.05, 0) is 36.2 Å². The zero-order valence-corrected chi connectivity index (χ0v) is 10.5. The predicted octanol–water partition coefficient (Wildman–Crippen LogP) is 3.98. The molecule has 0 atom stereocenters. The molecule has 5 heteroatoms. The van der Waals surface area contributed by atoms with Crippen LogP contribution in [0.5, 0.6) is 0 Å². The molecule has 0 bridgehead atoms. The van der Waals surface area contributed by atoms with E-state index in [1.807, 2.05) is 0 Å². The molecule has 0 aliphatic carbocycles. The van der Waals surface area contributed by atoms with E-state index in [0.29, 0.717) is 12.1 Å². The van der Waals surface area contributed by atoms with E-state index in [9.17, 15) is 22.4 Å². The molecule has 2 aromatic carbocycles. The maximum absolute atomic E-state index is 13.5. The van der Waals surface area contributed by atoms with Crippen LogP contribution in [0.15, 0.2) is 30.3 Å². The highest BCUT2D eigenvalue weighted by atomic mass is 19.1. The summed E-state index contributed by atoms with van der Waals surface area (Å²) in [7, 11) is 0. The monoisotopic (exact) mass is 282 g/mol. The summed E-state index contributed by atoms with van der Waals surface area (Å²) >= 11 is 0. The normalized spacial score (nSPS) is 10.7. The Morgan fingerprint density at radius 3 is 2.10 bits per heavy atom. The molecule has 0 fully saturated rings. The minimum atomic E-state index is -0.991. The SMILES string of the molecule is Cc1cc(C(=O)Cc2cc(F)cc(F)c2)c(F)cc1F. The molecule has 0 heterocycles. The molecule has 0 saturated carbocycles. The van der Waals surface area contributed by atoms with Gasteiger partial charge in [-0.2, -0.15) is 0 Å². The Morgan fingerprint density at radius 2 is 1.50 bits per heavy atom. The molecule has 0 aliphatic rings. The Morgan fingerprint density at radius 1 is 0.900 bits per heavy atom. The first-order valence-electron chi connectivity index (χ1n) is 5.80. The Labute approximate surface area is 112 Å². The van der Waals surface area contributed by atoms with Crippen molar-refractivity contribution in [3.63, 3.8) is 0 Å². The number of carbonyl (C=O) groups is 1. The van der Waals surface area contributed by atoms with Crippen LogP contribution in [0.3, 0.4) is 0 Å². The molecule has 20 heavy (non-hydrogen) atoms. The summed E-state index contributed by atoms with van der Waals surface area (Å²) in [4.78, 5) is 11.9. The van der Waals surface area contributed by atoms with Gasteiger partial charge >= 0.3 is 0 Å². The third-order valence-corrected chi connectivity index (χ3v) is 2.84. The van der Waals surface area contributed by atoms with E-state index in [0.717, 1.165) is 18.2 Å². The molecule has 2 aromatic rings. The van der Waals surface area contributed by atoms with Crippen LogP contribution < -0.4 is 0 Å². The molecule has 0 spiro atoms. The van der Waals surface area contributed by atoms with E-state index in [2.05, 4.69) is 0 Å². The van der Waals surface area contributed by atoms with Crippen LogP contribution in [0.1, 0.15) is 21.5 Å². The highest BCUT2D eigenvalue weighted by Crippen LogP contribution is 2.17. The Bertz CT molecular complexity index is 660. The van der Waals surface area contributed by atoms with Crippen molar-refractivity contribution in [1.29, 1.82) is 0 Å². The minimum absolute atomic E-state index is 0.0916. The van der Waals surface area contributed by atoms with Gasteiger partial charge in [0, 0.05) is 18.6 Å². The van der Waals surface area contributed by atoms with Crippen LogP contribution in [0.25, 0.3) is 0 Å². The lowest BCUT2D eigenvalue weighted by atomic mass is 10.0. The van der Waals surface area contributed by atoms with Crippen LogP contribution in [0.4, 0.5) is 17.6 Å². The molecule has 0 radical (unpaired) electrons. The number of hydrogen-bond donors (Lipinski definition) is 0. The number of carbonyl (C=O) groups excluding carboxylic acids is 1. The van der Waals surface area contributed by atoms with E-state index in [-0.39, 0.29) is 23.1 Å². The van der Waals surface area contributed by atoms with Crippen molar-refractivity contribution in [2.45, 2.75) is 13.3 Å². The molecule has 0 unspecified atom stereocenters. The summed E-state index contributed by atoms with van der Waals surface area (Å²) in [5, 5.41) is 0. The van der Waals surface area contributed by atoms with Crippen LogP contribution in [-0.2, 0) is 6.42 Å². The van der Waals surface area contributed by atoms with E-state index in [1.165, 1.54) is 6.92 Å². The fourth-order valence-electron chi connectivity index (χ4n) is 1.86. The minimum Gasteiger partial charge on any atom is -0.294 e. The fraction of sp³-hybridized carbons (Fsp3) is 0.133. The lowest BCUT2D eigenvalue weighted by Gasteiger charge is -2.06. The lowest BCUT2D eigenvalue weighted by Crippen LogP contribution is -2.08. The summed E-state index contributed by atoms with van der Waals surface area (Å²) in [6.07, 6.45) is -0.364. The molecule has 0 saturated heterocycles. The van der Waals surface area contributed by atoms with E-state index >= 15 is 0 Å². The van der Waals surface area contributed by atoms with Gasteiger partial charge in [-0.1, -0.05) is 0 Å². The Balaban J connectivity index is 2.30. The van der Waals surface area contributed by atoms with Crippen molar-refractivity contribution in [3.8, 4) is 0 Å². The van der Waals surface area contributed by atoms with Crippen LogP contribution in [0, 0.1) is 30.2 Å². The maximum Gasteiger partial charge on any atom is 0.170 e. The molecule has 0 aromatic heterocycles. The zero-order chi connectivity index (χ0) is 14.9. The lowest BCUT2D eigenvalue weighted by molar-refractivity contribution is 0.0989. The summed E-state index contributed by atoms with van der Waals surface area (Å²) < 4.78 is 52.6. The first-order valence-corrected chi connectivity index (χ1v) is 5.80. The summed E-state index contributed by atoms with van der Waals surface area (Å²) in [6, 6.07) is 4.37. The van der Waals surface area contributed by atoms with Crippen molar-refractivity contribution >= 4 is 5.78 Å². The van der Waals surface area contributed by atoms with Gasteiger partial charge in [0.15, 0.2) is 5.78 Å². The second kappa shape index (κ2) is 5.45. The quantitative estimate of drug-likeness (QED) is 0.615. The summed E-state index contributed by atoms with van der Waals surface area (Å²) in [5.41, 5.74) is -0.0809. The molecule has 104 valence electrons. The van der Waals surface area contributed by atoms with Gasteiger partial charge in [-0.3, -0.25) is 4.79 Å². The molecule has 2 rings (SSSR count). The van der Waals surface area contributed by atoms with Crippen molar-refractivity contribution in [2.75, 3.05) is 0 Å². The number of aryl methyl sites for hydroxylation is 1. The van der Waals surface area contributed by atoms with Gasteiger partial charge in [-0.25, -0.2) is 17.6 Å². The summed E-state index contributed by atoms with van der Waals surface area (Å²) in [6.45, 7) is 1.40. The molecule has 0 amide bonds. The van der Waals surface area contributed by atoms with Gasteiger partial charge in [0.2, 0.25) is 0 Å². The standard InChI is InChI=1S/C15H10F4O/c1-8-2-12(14(19)7-13(8)18)15(20)5-9-3-10(16)6-11(17)4-9/h2-4,6-7H,5H2,1H3. The van der Waals surface area contributed by atoms with Gasteiger partial charge in [0.25, 0.3) is 0 Å². The number of benzene rings is 2. The number of rotatable bonds is 3. The van der Waals surface area contributed by atoms with E-state index in [1.54, 1.807) is 0 Å². The number of ketones is 1. The zero-order valence-electron chi connectivity index (χ0n) is 10.5. The van der Waals surface area contributed by atoms with Crippen molar-refractivity contribution < 1.29 is 22.4 Å². The number of Topliss-reactive ketones (excluding diaryl/α,β-unsaturated/α-hetero) is 1. The van der Waals surface area contributed by atoms with E-state index in [4.69, 9.17) is 0 Å². The van der Waals surface area contributed by atoms with E-state index < -0.39 is 29.1 Å². The summed E-state index contributed by atoms with van der Waals surface area (Å²) in [5.74, 6) is -4.05. The Hall–Kier alpha value is -2.17. The number of halogens is 4. The second-order valence-electron chi connectivity index (χ2n) is 4.46. The second-order valence-corrected chi connectivity index (χ2v) is 4.46. The van der Waals surface area contributed by atoms with Gasteiger partial charge in [-0.15, -0.1) is 0 Å². The average molecular weight is 282 g/mol. The van der Waals surface area contributed by atoms with Crippen LogP contribution in [0.2, 0.25) is 0 Å². The van der Waals surface area contributed by atoms with Gasteiger partial charge < -0.3 is 0 Å². The molecular formula is C15H10F4O. The van der Waals surface area contributed by atoms with Crippen molar-refractivity contribution in [2.24, 2.45) is 0 Å². The molecule has 1 nitrogen and oxygen atoms in total. The third-order valence-electron chi connectivity index (χ3n) is 2.84. The van der Waals surface area contributed by atoms with Crippen molar-refractivity contribution in [1.82, 2.24) is 0 Å². The first kappa shape index (κ1) is 14.2. The molecule has 0 N–H and O–H groups in total. The van der Waals surface area contributed by atoms with Gasteiger partial charge in [0.1, 0.15) is 23.3 Å². The smallest absolute Gasteiger partial charge is 0.170 e. The van der Waals surface area contributed by atoms with Crippen LogP contribution >= 0.6 is 0 Å². The van der Waals surface area contributed by atoms with Gasteiger partial charge in [0.05, 0.1) is 5.56 Å². The highest BCUT2D eigenvalue weighted by Gasteiger charge is 2.15. The average Bonchev–Trinajstić information content (AvgIpc) is 2.32. The topological polar surface area (TPSA) is 17.1 Å². The maximum atomic E-state index is 13.5. The predicted molar refractivity (Wildman–Crippen MR) is 65.5 cm³/mol. The largest absolute Gasteiger partial charge is 0.294 e. The first-order chi connectivity index (χ1) is 9.36. The highest BCUT2D eigenvalue weighted by molar-refractivity contribution is 5.97. The number of hydrogen-bond acceptors (Lipinski definition) is 1. The Kier molecular flexibility index (Phi) is 3.88. The third kappa shape index (κ3) is 3.04. The molecular weight excluding hydrogens is 272 g/mol. The fourth-order valence-corrected chi connectivity index (χ4v) is 1.86. The van der Waals surface area contributed by atoms with Crippen molar-refractivity contribution in [3.05, 3.63) is 70.3 Å². The van der Waals surface area contributed by atoms with Crippen LogP contribution in [-0.4, -0.2) is 5.78 Å².